The second kappa shape index (κ2) is 8.76. The van der Waals surface area contributed by atoms with Crippen molar-refractivity contribution in [2.75, 3.05) is 6.61 Å². The molecule has 34 heavy (non-hydrogen) atoms. The molecule has 190 valence electrons. The van der Waals surface area contributed by atoms with Gasteiger partial charge in [-0.1, -0.05) is 52.8 Å². The van der Waals surface area contributed by atoms with E-state index in [9.17, 15) is 4.79 Å². The molecule has 5 aliphatic rings. The van der Waals surface area contributed by atoms with Crippen molar-refractivity contribution in [3.8, 4) is 0 Å². The summed E-state index contributed by atoms with van der Waals surface area (Å²) < 4.78 is 18.2. The van der Waals surface area contributed by atoms with Crippen LogP contribution < -0.4 is 0 Å². The number of carbonyl (C=O) groups excluding carboxylic acids is 1. The van der Waals surface area contributed by atoms with Gasteiger partial charge in [-0.25, -0.2) is 0 Å². The van der Waals surface area contributed by atoms with E-state index in [0.29, 0.717) is 29.1 Å². The van der Waals surface area contributed by atoms with Gasteiger partial charge in [-0.05, 0) is 85.5 Å². The molecule has 0 aromatic carbocycles. The molecule has 2 aliphatic heterocycles. The van der Waals surface area contributed by atoms with Crippen LogP contribution in [-0.4, -0.2) is 36.0 Å². The van der Waals surface area contributed by atoms with Crippen LogP contribution in [0, 0.1) is 35.0 Å². The first kappa shape index (κ1) is 24.6. The predicted octanol–water partition coefficient (Wildman–Crippen LogP) is 6.64. The van der Waals surface area contributed by atoms with Crippen molar-refractivity contribution >= 4 is 5.97 Å². The summed E-state index contributed by atoms with van der Waals surface area (Å²) in [7, 11) is 0. The highest BCUT2D eigenvalue weighted by Crippen LogP contribution is 2.67. The summed E-state index contributed by atoms with van der Waals surface area (Å²) >= 11 is 0. The van der Waals surface area contributed by atoms with Crippen molar-refractivity contribution in [2.45, 2.75) is 116 Å². The van der Waals surface area contributed by atoms with E-state index in [1.807, 2.05) is 0 Å². The SMILES string of the molecule is CC(=O)O[C@H]1CC[C@]2(CO2)/C(=C\[C@H]2O[C@@]23CCC[C@]2(C)[C@@H]([C@H](C)C=C[C@H](C)C(C)C)CC[C@H]23)C1. The molecule has 2 heterocycles. The summed E-state index contributed by atoms with van der Waals surface area (Å²) in [4.78, 5) is 11.5. The minimum atomic E-state index is -0.179. The molecule has 9 atom stereocenters. The fourth-order valence-electron chi connectivity index (χ4n) is 8.02. The Morgan fingerprint density at radius 3 is 2.53 bits per heavy atom. The molecule has 0 aromatic heterocycles. The van der Waals surface area contributed by atoms with Gasteiger partial charge in [-0.3, -0.25) is 4.79 Å². The molecule has 2 saturated heterocycles. The number of ether oxygens (including phenoxy) is 3. The van der Waals surface area contributed by atoms with E-state index in [0.717, 1.165) is 31.8 Å². The largest absolute Gasteiger partial charge is 0.462 e. The van der Waals surface area contributed by atoms with Gasteiger partial charge < -0.3 is 14.2 Å². The minimum absolute atomic E-state index is 0.0124. The standard InChI is InChI=1S/C30H46O4/c1-19(2)20(3)8-9-21(4)25-10-11-26-28(25,6)13-7-14-30(26)27(34-30)17-23-16-24(33-22(5)31)12-15-29(23)18-32-29/h8-9,17,19-21,24-27H,7,10-16,18H2,1-6H3/b9-8?,23-17-/t20-,21+,24-,25+,26+,27+,28+,29-,30+/m0/s1. The zero-order chi connectivity index (χ0) is 24.3. The van der Waals surface area contributed by atoms with Crippen molar-refractivity contribution in [3.05, 3.63) is 23.8 Å². The van der Waals surface area contributed by atoms with Gasteiger partial charge in [-0.2, -0.15) is 0 Å². The van der Waals surface area contributed by atoms with Gasteiger partial charge >= 0.3 is 5.97 Å². The number of allylic oxidation sites excluding steroid dienone is 2. The van der Waals surface area contributed by atoms with Gasteiger partial charge in [-0.15, -0.1) is 0 Å². The Balaban J connectivity index is 1.31. The first-order valence-corrected chi connectivity index (χ1v) is 14.0. The lowest BCUT2D eigenvalue weighted by Gasteiger charge is -2.45. The van der Waals surface area contributed by atoms with Gasteiger partial charge in [0.2, 0.25) is 0 Å². The van der Waals surface area contributed by atoms with E-state index in [4.69, 9.17) is 14.2 Å². The zero-order valence-electron chi connectivity index (χ0n) is 22.3. The lowest BCUT2D eigenvalue weighted by molar-refractivity contribution is -0.147. The molecule has 0 radical (unpaired) electrons. The number of fused-ring (bicyclic) bond motifs is 2. The van der Waals surface area contributed by atoms with E-state index < -0.39 is 0 Å². The van der Waals surface area contributed by atoms with Gasteiger partial charge in [0, 0.05) is 13.3 Å². The smallest absolute Gasteiger partial charge is 0.302 e. The van der Waals surface area contributed by atoms with Gasteiger partial charge in [0.1, 0.15) is 23.4 Å². The maximum absolute atomic E-state index is 11.5. The van der Waals surface area contributed by atoms with Crippen molar-refractivity contribution in [2.24, 2.45) is 35.0 Å². The molecular weight excluding hydrogens is 424 g/mol. The fourth-order valence-corrected chi connectivity index (χ4v) is 8.02. The van der Waals surface area contributed by atoms with Crippen molar-refractivity contribution < 1.29 is 19.0 Å². The van der Waals surface area contributed by atoms with Crippen LogP contribution in [0.15, 0.2) is 23.8 Å². The minimum Gasteiger partial charge on any atom is -0.462 e. The Morgan fingerprint density at radius 2 is 1.85 bits per heavy atom. The number of hydrogen-bond acceptors (Lipinski definition) is 4. The number of epoxide rings is 2. The Hall–Kier alpha value is -1.13. The van der Waals surface area contributed by atoms with Crippen LogP contribution >= 0.6 is 0 Å². The summed E-state index contributed by atoms with van der Waals surface area (Å²) in [6.45, 7) is 14.3. The summed E-state index contributed by atoms with van der Waals surface area (Å²) in [6, 6.07) is 0. The van der Waals surface area contributed by atoms with Crippen molar-refractivity contribution in [3.63, 3.8) is 0 Å². The lowest BCUT2D eigenvalue weighted by atomic mass is 9.58. The first-order chi connectivity index (χ1) is 16.1. The van der Waals surface area contributed by atoms with Crippen LogP contribution in [0.1, 0.15) is 92.9 Å². The van der Waals surface area contributed by atoms with Crippen molar-refractivity contribution in [1.29, 1.82) is 0 Å². The molecule has 0 amide bonds. The Bertz CT molecular complexity index is 854. The highest BCUT2D eigenvalue weighted by molar-refractivity contribution is 5.66. The average molecular weight is 471 g/mol. The van der Waals surface area contributed by atoms with Crippen LogP contribution in [0.25, 0.3) is 0 Å². The Kier molecular flexibility index (Phi) is 6.33. The summed E-state index contributed by atoms with van der Waals surface area (Å²) in [5.74, 6) is 3.15. The van der Waals surface area contributed by atoms with E-state index >= 15 is 0 Å². The molecule has 0 N–H and O–H groups in total. The van der Waals surface area contributed by atoms with Crippen molar-refractivity contribution in [1.82, 2.24) is 0 Å². The molecule has 4 nitrogen and oxygen atoms in total. The molecule has 5 fully saturated rings. The average Bonchev–Trinajstić information content (AvgIpc) is 3.65. The molecule has 0 bridgehead atoms. The quantitative estimate of drug-likeness (QED) is 0.248. The summed E-state index contributed by atoms with van der Waals surface area (Å²) in [5.41, 5.74) is 1.62. The summed E-state index contributed by atoms with van der Waals surface area (Å²) in [6.07, 6.45) is 16.6. The maximum atomic E-state index is 11.5. The second-order valence-electron chi connectivity index (χ2n) is 12.9. The molecule has 0 aromatic rings. The van der Waals surface area contributed by atoms with Gasteiger partial charge in [0.15, 0.2) is 0 Å². The third-order valence-corrected chi connectivity index (χ3v) is 10.5. The van der Waals surface area contributed by atoms with Gasteiger partial charge in [0.25, 0.3) is 0 Å². The number of carbonyl (C=O) groups is 1. The lowest BCUT2D eigenvalue weighted by Crippen LogP contribution is -2.44. The van der Waals surface area contributed by atoms with E-state index in [1.165, 1.54) is 44.6 Å². The molecule has 3 aliphatic carbocycles. The molecule has 4 heteroatoms. The van der Waals surface area contributed by atoms with Crippen LogP contribution in [0.3, 0.4) is 0 Å². The number of hydrogen-bond donors (Lipinski definition) is 0. The molecule has 0 unspecified atom stereocenters. The highest BCUT2D eigenvalue weighted by atomic mass is 16.6. The zero-order valence-corrected chi connectivity index (χ0v) is 22.3. The predicted molar refractivity (Wildman–Crippen MR) is 134 cm³/mol. The maximum Gasteiger partial charge on any atom is 0.302 e. The second-order valence-corrected chi connectivity index (χ2v) is 12.9. The normalized spacial score (nSPS) is 46.3. The summed E-state index contributed by atoms with van der Waals surface area (Å²) in [5, 5.41) is 0. The van der Waals surface area contributed by atoms with Crippen LogP contribution in [0.5, 0.6) is 0 Å². The van der Waals surface area contributed by atoms with Crippen LogP contribution in [-0.2, 0) is 19.0 Å². The Morgan fingerprint density at radius 1 is 1.09 bits per heavy atom. The third kappa shape index (κ3) is 4.21. The fraction of sp³-hybridized carbons (Fsp3) is 0.833. The monoisotopic (exact) mass is 470 g/mol. The molecule has 2 spiro atoms. The topological polar surface area (TPSA) is 51.4 Å². The molecule has 5 rings (SSSR count). The van der Waals surface area contributed by atoms with Crippen LogP contribution in [0.4, 0.5) is 0 Å². The number of rotatable bonds is 6. The Labute approximate surface area is 206 Å². The van der Waals surface area contributed by atoms with Crippen LogP contribution in [0.2, 0.25) is 0 Å². The number of esters is 1. The molecular formula is C30H46O4. The van der Waals surface area contributed by atoms with E-state index in [1.54, 1.807) is 0 Å². The van der Waals surface area contributed by atoms with Gasteiger partial charge in [0.05, 0.1) is 6.61 Å². The third-order valence-electron chi connectivity index (χ3n) is 10.5. The first-order valence-electron chi connectivity index (χ1n) is 14.0. The highest BCUT2D eigenvalue weighted by Gasteiger charge is 2.69. The molecule has 3 saturated carbocycles. The van der Waals surface area contributed by atoms with E-state index in [2.05, 4.69) is 52.8 Å². The van der Waals surface area contributed by atoms with E-state index in [-0.39, 0.29) is 29.4 Å².